The van der Waals surface area contributed by atoms with Gasteiger partial charge in [-0.3, -0.25) is 4.79 Å². The molecule has 6 nitrogen and oxygen atoms in total. The Morgan fingerprint density at radius 3 is 2.46 bits per heavy atom. The van der Waals surface area contributed by atoms with Crippen LogP contribution in [0.1, 0.15) is 6.92 Å². The van der Waals surface area contributed by atoms with E-state index in [0.717, 1.165) is 6.07 Å². The van der Waals surface area contributed by atoms with Gasteiger partial charge in [-0.15, -0.1) is 0 Å². The zero-order valence-electron chi connectivity index (χ0n) is 13.7. The number of carbonyl (C=O) groups excluding carboxylic acids is 1. The van der Waals surface area contributed by atoms with Crippen molar-refractivity contribution in [1.29, 1.82) is 0 Å². The molecule has 8 heteroatoms. The lowest BCUT2D eigenvalue weighted by Gasteiger charge is -2.09. The van der Waals surface area contributed by atoms with E-state index in [0.29, 0.717) is 11.4 Å². The van der Waals surface area contributed by atoms with Gasteiger partial charge in [-0.1, -0.05) is 0 Å². The second-order valence-corrected chi connectivity index (χ2v) is 5.28. The zero-order chi connectivity index (χ0) is 18.5. The molecule has 26 heavy (non-hydrogen) atoms. The molecule has 1 aromatic heterocycles. The Labute approximate surface area is 147 Å². The Morgan fingerprint density at radius 1 is 1.04 bits per heavy atom. The lowest BCUT2D eigenvalue weighted by molar-refractivity contribution is -0.114. The second-order valence-electron chi connectivity index (χ2n) is 5.28. The van der Waals surface area contributed by atoms with Crippen LogP contribution in [0.3, 0.4) is 0 Å². The molecule has 0 saturated carbocycles. The van der Waals surface area contributed by atoms with Crippen LogP contribution in [-0.4, -0.2) is 15.9 Å². The van der Waals surface area contributed by atoms with Crippen molar-refractivity contribution >= 4 is 23.2 Å². The number of hydrogen-bond donors (Lipinski definition) is 2. The molecule has 132 valence electrons. The van der Waals surface area contributed by atoms with Crippen molar-refractivity contribution in [3.05, 3.63) is 66.4 Å². The summed E-state index contributed by atoms with van der Waals surface area (Å²) in [5, 5.41) is 5.37. The fourth-order valence-corrected chi connectivity index (χ4v) is 2.10. The van der Waals surface area contributed by atoms with Crippen molar-refractivity contribution in [1.82, 2.24) is 9.97 Å². The maximum atomic E-state index is 14.1. The minimum atomic E-state index is -0.650. The van der Waals surface area contributed by atoms with Crippen LogP contribution in [0.5, 0.6) is 11.6 Å². The van der Waals surface area contributed by atoms with Crippen molar-refractivity contribution in [3.8, 4) is 11.6 Å². The number of hydrogen-bond acceptors (Lipinski definition) is 5. The third-order valence-corrected chi connectivity index (χ3v) is 3.20. The lowest BCUT2D eigenvalue weighted by atomic mass is 10.3. The van der Waals surface area contributed by atoms with Gasteiger partial charge in [0.1, 0.15) is 5.82 Å². The first-order chi connectivity index (χ1) is 12.5. The topological polar surface area (TPSA) is 76.1 Å². The van der Waals surface area contributed by atoms with Gasteiger partial charge < -0.3 is 15.4 Å². The third kappa shape index (κ3) is 4.50. The number of nitrogens with zero attached hydrogens (tertiary/aromatic N) is 2. The van der Waals surface area contributed by atoms with Gasteiger partial charge in [-0.25, -0.2) is 13.8 Å². The van der Waals surface area contributed by atoms with Crippen LogP contribution in [0.4, 0.5) is 26.1 Å². The molecular weight excluding hydrogens is 342 g/mol. The summed E-state index contributed by atoms with van der Waals surface area (Å²) in [6.07, 6.45) is 1.44. The summed E-state index contributed by atoms with van der Waals surface area (Å²) in [4.78, 5) is 19.2. The molecule has 1 amide bonds. The Morgan fingerprint density at radius 2 is 1.77 bits per heavy atom. The second kappa shape index (κ2) is 7.56. The van der Waals surface area contributed by atoms with Gasteiger partial charge in [0, 0.05) is 36.6 Å². The number of rotatable bonds is 5. The molecule has 0 aliphatic heterocycles. The first kappa shape index (κ1) is 17.3. The molecule has 0 aliphatic carbocycles. The first-order valence-electron chi connectivity index (χ1n) is 7.60. The summed E-state index contributed by atoms with van der Waals surface area (Å²) >= 11 is 0. The zero-order valence-corrected chi connectivity index (χ0v) is 13.7. The molecule has 0 unspecified atom stereocenters. The summed E-state index contributed by atoms with van der Waals surface area (Å²) in [6.45, 7) is 1.33. The first-order valence-corrected chi connectivity index (χ1v) is 7.60. The Kier molecular flexibility index (Phi) is 5.02. The molecule has 0 spiro atoms. The number of carbonyl (C=O) groups is 1. The number of ether oxygens (including phenoxy) is 1. The lowest BCUT2D eigenvalue weighted by Crippen LogP contribution is -2.06. The summed E-state index contributed by atoms with van der Waals surface area (Å²) in [5.74, 6) is -1.02. The standard InChI is InChI=1S/C18H14F2N4O2/c1-11(25)22-14-6-7-16(15(20)10-14)26-17-8-9-21-18(24-17)23-13-4-2-12(19)3-5-13/h2-10H,1H3,(H,22,25)(H,21,23,24). The van der Waals surface area contributed by atoms with Gasteiger partial charge in [0.25, 0.3) is 0 Å². The van der Waals surface area contributed by atoms with E-state index in [1.54, 1.807) is 0 Å². The van der Waals surface area contributed by atoms with E-state index in [2.05, 4.69) is 20.6 Å². The fourth-order valence-electron chi connectivity index (χ4n) is 2.10. The van der Waals surface area contributed by atoms with E-state index in [1.165, 1.54) is 55.6 Å². The van der Waals surface area contributed by atoms with Crippen molar-refractivity contribution < 1.29 is 18.3 Å². The average Bonchev–Trinajstić information content (AvgIpc) is 2.59. The molecule has 0 atom stereocenters. The van der Waals surface area contributed by atoms with Crippen LogP contribution in [0.2, 0.25) is 0 Å². The highest BCUT2D eigenvalue weighted by Crippen LogP contribution is 2.26. The number of amides is 1. The van der Waals surface area contributed by atoms with E-state index in [4.69, 9.17) is 4.74 Å². The van der Waals surface area contributed by atoms with Gasteiger partial charge >= 0.3 is 0 Å². The molecule has 0 radical (unpaired) electrons. The Hall–Kier alpha value is -3.55. The minimum absolute atomic E-state index is 0.0504. The molecule has 2 aromatic carbocycles. The Balaban J connectivity index is 1.74. The molecule has 0 aliphatic rings. The highest BCUT2D eigenvalue weighted by atomic mass is 19.1. The van der Waals surface area contributed by atoms with Gasteiger partial charge in [-0.2, -0.15) is 4.98 Å². The smallest absolute Gasteiger partial charge is 0.230 e. The van der Waals surface area contributed by atoms with E-state index < -0.39 is 5.82 Å². The maximum Gasteiger partial charge on any atom is 0.230 e. The van der Waals surface area contributed by atoms with E-state index in [1.807, 2.05) is 0 Å². The van der Waals surface area contributed by atoms with Crippen molar-refractivity contribution in [2.24, 2.45) is 0 Å². The number of anilines is 3. The maximum absolute atomic E-state index is 14.1. The molecule has 0 saturated heterocycles. The normalized spacial score (nSPS) is 10.3. The quantitative estimate of drug-likeness (QED) is 0.715. The van der Waals surface area contributed by atoms with Gasteiger partial charge in [0.15, 0.2) is 11.6 Å². The predicted octanol–water partition coefficient (Wildman–Crippen LogP) is 4.25. The van der Waals surface area contributed by atoms with Crippen LogP contribution in [-0.2, 0) is 4.79 Å². The number of nitrogens with one attached hydrogen (secondary N) is 2. The van der Waals surface area contributed by atoms with Crippen LogP contribution in [0.15, 0.2) is 54.7 Å². The highest BCUT2D eigenvalue weighted by Gasteiger charge is 2.09. The van der Waals surface area contributed by atoms with Gasteiger partial charge in [0.2, 0.25) is 17.7 Å². The van der Waals surface area contributed by atoms with Crippen molar-refractivity contribution in [2.75, 3.05) is 10.6 Å². The summed E-state index contributed by atoms with van der Waals surface area (Å²) in [7, 11) is 0. The molecule has 1 heterocycles. The summed E-state index contributed by atoms with van der Waals surface area (Å²) in [6, 6.07) is 11.2. The molecule has 0 bridgehead atoms. The number of benzene rings is 2. The SMILES string of the molecule is CC(=O)Nc1ccc(Oc2ccnc(Nc3ccc(F)cc3)n2)c(F)c1. The van der Waals surface area contributed by atoms with Crippen LogP contribution in [0, 0.1) is 11.6 Å². The minimum Gasteiger partial charge on any atom is -0.436 e. The van der Waals surface area contributed by atoms with Gasteiger partial charge in [0.05, 0.1) is 0 Å². The van der Waals surface area contributed by atoms with E-state index >= 15 is 0 Å². The fraction of sp³-hybridized carbons (Fsp3) is 0.0556. The summed E-state index contributed by atoms with van der Waals surface area (Å²) in [5.41, 5.74) is 0.915. The highest BCUT2D eigenvalue weighted by molar-refractivity contribution is 5.88. The van der Waals surface area contributed by atoms with Crippen LogP contribution in [0.25, 0.3) is 0 Å². The Bertz CT molecular complexity index is 933. The van der Waals surface area contributed by atoms with Crippen LogP contribution >= 0.6 is 0 Å². The summed E-state index contributed by atoms with van der Waals surface area (Å²) < 4.78 is 32.5. The molecule has 3 aromatic rings. The largest absolute Gasteiger partial charge is 0.436 e. The van der Waals surface area contributed by atoms with Gasteiger partial charge in [-0.05, 0) is 36.4 Å². The molecule has 0 fully saturated rings. The van der Waals surface area contributed by atoms with E-state index in [9.17, 15) is 13.6 Å². The predicted molar refractivity (Wildman–Crippen MR) is 92.5 cm³/mol. The molecular formula is C18H14F2N4O2. The average molecular weight is 356 g/mol. The van der Waals surface area contributed by atoms with Crippen molar-refractivity contribution in [2.45, 2.75) is 6.92 Å². The number of aromatic nitrogens is 2. The third-order valence-electron chi connectivity index (χ3n) is 3.20. The van der Waals surface area contributed by atoms with Crippen LogP contribution < -0.4 is 15.4 Å². The van der Waals surface area contributed by atoms with E-state index in [-0.39, 0.29) is 29.3 Å². The van der Waals surface area contributed by atoms with Crippen molar-refractivity contribution in [3.63, 3.8) is 0 Å². The molecule has 2 N–H and O–H groups in total. The molecule has 3 rings (SSSR count). The number of halogens is 2. The monoisotopic (exact) mass is 356 g/mol.